The van der Waals surface area contributed by atoms with Crippen LogP contribution < -0.4 is 15.4 Å². The van der Waals surface area contributed by atoms with Crippen molar-refractivity contribution >= 4 is 34.5 Å². The Bertz CT molecular complexity index is 1350. The fraction of sp³-hybridized carbons (Fsp3) is 0.606. The second-order valence-corrected chi connectivity index (χ2v) is 11.7. The Morgan fingerprint density at radius 2 is 1.65 bits per heavy atom. The molecule has 2 aromatic rings. The maximum absolute atomic E-state index is 14.1. The van der Waals surface area contributed by atoms with Crippen LogP contribution in [0.2, 0.25) is 0 Å². The van der Waals surface area contributed by atoms with Crippen molar-refractivity contribution in [1.29, 1.82) is 0 Å². The minimum atomic E-state index is -0.577. The summed E-state index contributed by atoms with van der Waals surface area (Å²) in [7, 11) is 3.31. The van der Waals surface area contributed by atoms with E-state index in [9.17, 15) is 19.2 Å². The predicted octanol–water partition coefficient (Wildman–Crippen LogP) is 1.52. The van der Waals surface area contributed by atoms with Gasteiger partial charge in [0.1, 0.15) is 17.5 Å². The summed E-state index contributed by atoms with van der Waals surface area (Å²) in [5.41, 5.74) is 1.20. The maximum atomic E-state index is 14.1. The first-order valence-electron chi connectivity index (χ1n) is 16.2. The van der Waals surface area contributed by atoms with Gasteiger partial charge in [-0.25, -0.2) is 0 Å². The first-order valence-corrected chi connectivity index (χ1v) is 16.2. The number of fused-ring (bicyclic) bond motifs is 1. The average Bonchev–Trinajstić information content (AvgIpc) is 3.39. The number of carbonyl (C=O) groups excluding carboxylic acids is 4. The lowest BCUT2D eigenvalue weighted by Gasteiger charge is -2.39. The fourth-order valence-corrected chi connectivity index (χ4v) is 6.30. The fourth-order valence-electron chi connectivity index (χ4n) is 6.30. The predicted molar refractivity (Wildman–Crippen MR) is 171 cm³/mol. The highest BCUT2D eigenvalue weighted by Gasteiger charge is 2.36. The van der Waals surface area contributed by atoms with Crippen molar-refractivity contribution in [3.05, 3.63) is 35.9 Å². The van der Waals surface area contributed by atoms with E-state index in [1.54, 1.807) is 53.6 Å². The number of ether oxygens (including phenoxy) is 3. The standard InChI is InChI=1S/C33H48N5O8/c1-4-27(40)35-29(23-8-6-5-7-9-23)32(42)37-13-15-38(16-14-37)33(43)30-28(25-11-10-24(44-3)22-26(25)36(30)2)31(41)34-12-18-45-20-21-46-19-17-39/h4,10-11,22-23,29,39H,5-9,12-21H2,1-3H3,(H,34,41)(H,35,40)/t29-/m0/s1. The summed E-state index contributed by atoms with van der Waals surface area (Å²) in [4.78, 5) is 57.0. The molecule has 1 aromatic carbocycles. The normalized spacial score (nSPS) is 16.3. The van der Waals surface area contributed by atoms with Crippen molar-refractivity contribution in [2.45, 2.75) is 45.1 Å². The molecule has 1 aliphatic heterocycles. The van der Waals surface area contributed by atoms with Gasteiger partial charge in [-0.05, 0) is 30.9 Å². The van der Waals surface area contributed by atoms with Gasteiger partial charge in [-0.2, -0.15) is 0 Å². The van der Waals surface area contributed by atoms with Gasteiger partial charge in [0.05, 0.1) is 51.2 Å². The van der Waals surface area contributed by atoms with Gasteiger partial charge in [0.25, 0.3) is 11.8 Å². The first-order chi connectivity index (χ1) is 22.3. The van der Waals surface area contributed by atoms with Crippen molar-refractivity contribution < 1.29 is 38.5 Å². The monoisotopic (exact) mass is 642 g/mol. The number of nitrogens with one attached hydrogen (secondary N) is 2. The topological polar surface area (TPSA) is 152 Å². The van der Waals surface area contributed by atoms with Gasteiger partial charge >= 0.3 is 0 Å². The molecule has 4 amide bonds. The Morgan fingerprint density at radius 1 is 0.978 bits per heavy atom. The summed E-state index contributed by atoms with van der Waals surface area (Å²) in [5, 5.41) is 15.2. The highest BCUT2D eigenvalue weighted by atomic mass is 16.5. The number of aryl methyl sites for hydroxylation is 1. The van der Waals surface area contributed by atoms with E-state index in [1.807, 2.05) is 0 Å². The minimum Gasteiger partial charge on any atom is -0.497 e. The van der Waals surface area contributed by atoms with Crippen molar-refractivity contribution in [3.63, 3.8) is 0 Å². The highest BCUT2D eigenvalue weighted by molar-refractivity contribution is 6.16. The molecule has 0 bridgehead atoms. The van der Waals surface area contributed by atoms with E-state index in [4.69, 9.17) is 19.3 Å². The van der Waals surface area contributed by atoms with Crippen LogP contribution in [0.1, 0.15) is 59.9 Å². The number of methoxy groups -OCH3 is 1. The molecule has 2 heterocycles. The van der Waals surface area contributed by atoms with E-state index >= 15 is 0 Å². The molecule has 4 rings (SSSR count). The van der Waals surface area contributed by atoms with E-state index in [0.717, 1.165) is 32.1 Å². The third kappa shape index (κ3) is 8.56. The average molecular weight is 643 g/mol. The van der Waals surface area contributed by atoms with Gasteiger partial charge in [-0.3, -0.25) is 19.2 Å². The molecule has 13 heteroatoms. The minimum absolute atomic E-state index is 0.0552. The molecular weight excluding hydrogens is 594 g/mol. The number of aliphatic hydroxyl groups excluding tert-OH is 1. The maximum Gasteiger partial charge on any atom is 0.271 e. The number of nitrogens with zero attached hydrogens (tertiary/aromatic N) is 3. The van der Waals surface area contributed by atoms with Crippen molar-refractivity contribution in [2.75, 3.05) is 72.9 Å². The van der Waals surface area contributed by atoms with E-state index < -0.39 is 11.9 Å². The molecule has 253 valence electrons. The van der Waals surface area contributed by atoms with Crippen LogP contribution in [-0.4, -0.2) is 122 Å². The summed E-state index contributed by atoms with van der Waals surface area (Å²) in [6, 6.07) is 4.75. The highest BCUT2D eigenvalue weighted by Crippen LogP contribution is 2.31. The molecule has 1 saturated carbocycles. The number of aliphatic hydroxyl groups is 1. The van der Waals surface area contributed by atoms with Gasteiger partial charge in [0.2, 0.25) is 11.8 Å². The molecule has 1 saturated heterocycles. The van der Waals surface area contributed by atoms with Crippen molar-refractivity contribution in [3.8, 4) is 5.75 Å². The quantitative estimate of drug-likeness (QED) is 0.248. The molecule has 2 aliphatic rings. The number of rotatable bonds is 15. The molecule has 13 nitrogen and oxygen atoms in total. The molecular formula is C33H48N5O8. The van der Waals surface area contributed by atoms with Crippen LogP contribution in [0.4, 0.5) is 0 Å². The van der Waals surface area contributed by atoms with E-state index in [0.29, 0.717) is 56.0 Å². The van der Waals surface area contributed by atoms with Crippen molar-refractivity contribution in [2.24, 2.45) is 13.0 Å². The Hall–Kier alpha value is -3.68. The van der Waals surface area contributed by atoms with Crippen LogP contribution in [0.25, 0.3) is 10.9 Å². The lowest BCUT2D eigenvalue weighted by molar-refractivity contribution is -0.139. The van der Waals surface area contributed by atoms with Crippen molar-refractivity contribution in [1.82, 2.24) is 25.0 Å². The number of hydrogen-bond donors (Lipinski definition) is 3. The molecule has 0 unspecified atom stereocenters. The van der Waals surface area contributed by atoms with Crippen LogP contribution in [0.3, 0.4) is 0 Å². The Balaban J connectivity index is 1.46. The van der Waals surface area contributed by atoms with Crippen LogP contribution in [-0.2, 0) is 26.1 Å². The first kappa shape index (κ1) is 35.2. The molecule has 3 N–H and O–H groups in total. The second-order valence-electron chi connectivity index (χ2n) is 11.7. The lowest BCUT2D eigenvalue weighted by atomic mass is 9.83. The zero-order valence-corrected chi connectivity index (χ0v) is 27.2. The Morgan fingerprint density at radius 3 is 2.30 bits per heavy atom. The van der Waals surface area contributed by atoms with Crippen LogP contribution in [0.5, 0.6) is 5.75 Å². The van der Waals surface area contributed by atoms with E-state index in [2.05, 4.69) is 10.6 Å². The summed E-state index contributed by atoms with van der Waals surface area (Å²) >= 11 is 0. The number of amides is 4. The molecule has 1 aliphatic carbocycles. The van der Waals surface area contributed by atoms with Gasteiger partial charge < -0.3 is 44.3 Å². The number of benzene rings is 1. The van der Waals surface area contributed by atoms with Gasteiger partial charge in [0, 0.05) is 57.6 Å². The zero-order valence-electron chi connectivity index (χ0n) is 27.2. The largest absolute Gasteiger partial charge is 0.497 e. The Kier molecular flexibility index (Phi) is 13.2. The smallest absolute Gasteiger partial charge is 0.271 e. The van der Waals surface area contributed by atoms with Crippen LogP contribution in [0, 0.1) is 12.3 Å². The summed E-state index contributed by atoms with van der Waals surface area (Å²) in [5.74, 6) is -0.355. The third-order valence-electron chi connectivity index (χ3n) is 8.80. The van der Waals surface area contributed by atoms with Crippen LogP contribution in [0.15, 0.2) is 18.2 Å². The second kappa shape index (κ2) is 17.3. The molecule has 1 radical (unpaired) electrons. The Labute approximate surface area is 270 Å². The van der Waals surface area contributed by atoms with E-state index in [1.165, 1.54) is 6.42 Å². The number of piperazine rings is 1. The van der Waals surface area contributed by atoms with Crippen LogP contribution >= 0.6 is 0 Å². The SMILES string of the molecule is C[CH]C(=O)N[C@H](C(=O)N1CCN(C(=O)c2c(C(=O)NCCOCCOCCO)c3ccc(OC)cc3n2C)CC1)C1CCCCC1. The number of carbonyl (C=O) groups is 4. The zero-order chi connectivity index (χ0) is 33.1. The van der Waals surface area contributed by atoms with Gasteiger partial charge in [0.15, 0.2) is 0 Å². The summed E-state index contributed by atoms with van der Waals surface area (Å²) < 4.78 is 17.8. The third-order valence-corrected chi connectivity index (χ3v) is 8.80. The van der Waals surface area contributed by atoms with E-state index in [-0.39, 0.29) is 61.3 Å². The molecule has 1 atom stereocenters. The number of hydrogen-bond acceptors (Lipinski definition) is 8. The summed E-state index contributed by atoms with van der Waals surface area (Å²) in [6.45, 7) is 4.26. The number of aromatic nitrogens is 1. The molecule has 46 heavy (non-hydrogen) atoms. The van der Waals surface area contributed by atoms with Gasteiger partial charge in [-0.1, -0.05) is 26.2 Å². The lowest BCUT2D eigenvalue weighted by Crippen LogP contribution is -2.58. The van der Waals surface area contributed by atoms with Gasteiger partial charge in [-0.15, -0.1) is 0 Å². The molecule has 0 spiro atoms. The molecule has 1 aromatic heterocycles. The molecule has 2 fully saturated rings. The summed E-state index contributed by atoms with van der Waals surface area (Å²) in [6.07, 6.45) is 6.48.